The first kappa shape index (κ1) is 32.5. The van der Waals surface area contributed by atoms with Crippen molar-refractivity contribution in [1.82, 2.24) is 19.3 Å². The van der Waals surface area contributed by atoms with E-state index in [1.54, 1.807) is 0 Å². The van der Waals surface area contributed by atoms with Crippen molar-refractivity contribution in [3.63, 3.8) is 0 Å². The number of aromatic nitrogens is 4. The van der Waals surface area contributed by atoms with Gasteiger partial charge in [0.25, 0.3) is 0 Å². The summed E-state index contributed by atoms with van der Waals surface area (Å²) in [5, 5.41) is 7.03. The summed E-state index contributed by atoms with van der Waals surface area (Å²) in [6.07, 6.45) is 5.89. The normalized spacial score (nSPS) is 11.5. The summed E-state index contributed by atoms with van der Waals surface area (Å²) in [4.78, 5) is 4.70. The molecule has 47 heavy (non-hydrogen) atoms. The van der Waals surface area contributed by atoms with Crippen molar-refractivity contribution in [1.29, 1.82) is 0 Å². The van der Waals surface area contributed by atoms with Gasteiger partial charge in [0, 0.05) is 35.0 Å². The Morgan fingerprint density at radius 1 is 0.745 bits per heavy atom. The SMILES string of the molecule is Cc1ccnc(-n2c3[c-]c(Oc4[c-]c(-n5cc(-c6c(C)cc(C(C)C)cc6C)cn5)cc(C(C)C)c4)ccc3c3ccccc32)c1.[Pt+2]. The maximum absolute atomic E-state index is 6.53. The second-order valence-electron chi connectivity index (χ2n) is 12.9. The fourth-order valence-corrected chi connectivity index (χ4v) is 6.36. The van der Waals surface area contributed by atoms with E-state index in [1.807, 2.05) is 29.2 Å². The quantitative estimate of drug-likeness (QED) is 0.151. The summed E-state index contributed by atoms with van der Waals surface area (Å²) < 4.78 is 10.6. The molecule has 6 heteroatoms. The first-order valence-corrected chi connectivity index (χ1v) is 16.0. The van der Waals surface area contributed by atoms with Crippen LogP contribution in [0, 0.1) is 32.9 Å². The number of benzene rings is 4. The number of rotatable bonds is 7. The fraction of sp³-hybridized carbons (Fsp3) is 0.220. The third-order valence-corrected chi connectivity index (χ3v) is 8.77. The van der Waals surface area contributed by atoms with Crippen molar-refractivity contribution >= 4 is 21.8 Å². The Kier molecular flexibility index (Phi) is 8.96. The fourth-order valence-electron chi connectivity index (χ4n) is 6.36. The molecule has 4 aromatic carbocycles. The third kappa shape index (κ3) is 6.17. The number of hydrogen-bond donors (Lipinski definition) is 0. The van der Waals surface area contributed by atoms with Gasteiger partial charge in [0.1, 0.15) is 5.82 Å². The van der Waals surface area contributed by atoms with Gasteiger partial charge in [-0.05, 0) is 89.7 Å². The summed E-state index contributed by atoms with van der Waals surface area (Å²) >= 11 is 0. The van der Waals surface area contributed by atoms with Gasteiger partial charge in [-0.1, -0.05) is 63.5 Å². The zero-order valence-corrected chi connectivity index (χ0v) is 30.1. The van der Waals surface area contributed by atoms with E-state index in [-0.39, 0.29) is 21.1 Å². The van der Waals surface area contributed by atoms with Crippen molar-refractivity contribution in [2.24, 2.45) is 0 Å². The van der Waals surface area contributed by atoms with Crippen LogP contribution in [0.25, 0.3) is 44.4 Å². The standard InChI is InChI=1S/C41H38N4O.Pt/c1-25(2)30-17-28(6)41(29(7)18-30)32-23-43-44(24-32)33-19-31(26(3)4)20-35(21-33)46-34-12-13-37-36-10-8-9-11-38(36)45(39(37)22-34)40-16-27(5)14-15-42-40;/h8-20,23-26H,1-7H3;/q-2;+2. The summed E-state index contributed by atoms with van der Waals surface area (Å²) in [6.45, 7) is 15.3. The zero-order valence-electron chi connectivity index (χ0n) is 27.8. The Morgan fingerprint density at radius 3 is 2.19 bits per heavy atom. The van der Waals surface area contributed by atoms with Crippen LogP contribution >= 0.6 is 0 Å². The van der Waals surface area contributed by atoms with E-state index in [1.165, 1.54) is 22.3 Å². The molecule has 0 aliphatic heterocycles. The number of hydrogen-bond acceptors (Lipinski definition) is 3. The molecule has 0 aliphatic rings. The molecule has 7 aromatic rings. The van der Waals surface area contributed by atoms with E-state index in [0.29, 0.717) is 23.3 Å². The molecule has 3 aromatic heterocycles. The van der Waals surface area contributed by atoms with Gasteiger partial charge >= 0.3 is 21.1 Å². The maximum atomic E-state index is 6.53. The summed E-state index contributed by atoms with van der Waals surface area (Å²) in [5.41, 5.74) is 11.3. The van der Waals surface area contributed by atoms with Crippen LogP contribution in [-0.2, 0) is 21.1 Å². The van der Waals surface area contributed by atoms with E-state index >= 15 is 0 Å². The molecule has 7 rings (SSSR count). The van der Waals surface area contributed by atoms with E-state index in [4.69, 9.17) is 14.8 Å². The van der Waals surface area contributed by atoms with Gasteiger partial charge in [0.15, 0.2) is 0 Å². The van der Waals surface area contributed by atoms with Crippen molar-refractivity contribution in [2.45, 2.75) is 60.3 Å². The Labute approximate surface area is 291 Å². The number of para-hydroxylation sites is 1. The Balaban J connectivity index is 0.00000386. The van der Waals surface area contributed by atoms with Gasteiger partial charge in [0.2, 0.25) is 0 Å². The maximum Gasteiger partial charge on any atom is 2.00 e. The van der Waals surface area contributed by atoms with E-state index in [2.05, 4.69) is 132 Å². The number of ether oxygens (including phenoxy) is 1. The summed E-state index contributed by atoms with van der Waals surface area (Å²) in [7, 11) is 0. The van der Waals surface area contributed by atoms with Crippen molar-refractivity contribution in [3.8, 4) is 34.1 Å². The number of nitrogens with zero attached hydrogens (tertiary/aromatic N) is 4. The van der Waals surface area contributed by atoms with Crippen LogP contribution in [0.1, 0.15) is 67.3 Å². The number of pyridine rings is 1. The van der Waals surface area contributed by atoms with Gasteiger partial charge in [-0.15, -0.1) is 41.3 Å². The second kappa shape index (κ2) is 13.0. The molecular weight excluding hydrogens is 760 g/mol. The topological polar surface area (TPSA) is 44.9 Å². The van der Waals surface area contributed by atoms with Crippen LogP contribution in [0.5, 0.6) is 11.5 Å². The predicted molar refractivity (Wildman–Crippen MR) is 188 cm³/mol. The molecule has 0 aliphatic carbocycles. The van der Waals surface area contributed by atoms with E-state index < -0.39 is 0 Å². The molecule has 0 amide bonds. The van der Waals surface area contributed by atoms with Gasteiger partial charge in [0.05, 0.1) is 6.20 Å². The van der Waals surface area contributed by atoms with Crippen LogP contribution in [0.2, 0.25) is 0 Å². The average molecular weight is 798 g/mol. The number of fused-ring (bicyclic) bond motifs is 3. The minimum absolute atomic E-state index is 0. The molecule has 0 atom stereocenters. The second-order valence-corrected chi connectivity index (χ2v) is 12.9. The van der Waals surface area contributed by atoms with Crippen LogP contribution in [0.15, 0.2) is 91.4 Å². The van der Waals surface area contributed by atoms with Gasteiger partial charge in [-0.3, -0.25) is 4.68 Å². The summed E-state index contributed by atoms with van der Waals surface area (Å²) in [6, 6.07) is 32.4. The first-order valence-electron chi connectivity index (χ1n) is 16.0. The zero-order chi connectivity index (χ0) is 32.1. The van der Waals surface area contributed by atoms with Crippen molar-refractivity contribution < 1.29 is 25.8 Å². The molecule has 238 valence electrons. The van der Waals surface area contributed by atoms with Gasteiger partial charge in [-0.2, -0.15) is 11.2 Å². The molecule has 0 fully saturated rings. The molecule has 0 bridgehead atoms. The molecule has 0 N–H and O–H groups in total. The number of aryl methyl sites for hydroxylation is 3. The Morgan fingerprint density at radius 2 is 1.47 bits per heavy atom. The monoisotopic (exact) mass is 797 g/mol. The van der Waals surface area contributed by atoms with E-state index in [0.717, 1.165) is 50.0 Å². The molecule has 3 heterocycles. The van der Waals surface area contributed by atoms with E-state index in [9.17, 15) is 0 Å². The summed E-state index contributed by atoms with van der Waals surface area (Å²) in [5.74, 6) is 2.87. The van der Waals surface area contributed by atoms with Crippen molar-refractivity contribution in [3.05, 3.63) is 131 Å². The molecule has 0 unspecified atom stereocenters. The first-order chi connectivity index (χ1) is 22.2. The van der Waals surface area contributed by atoms with Crippen LogP contribution < -0.4 is 4.74 Å². The average Bonchev–Trinajstić information content (AvgIpc) is 3.63. The van der Waals surface area contributed by atoms with Crippen molar-refractivity contribution in [2.75, 3.05) is 0 Å². The largest absolute Gasteiger partial charge is 2.00 e. The molecule has 0 saturated carbocycles. The Hall–Kier alpha value is -4.47. The molecule has 0 radical (unpaired) electrons. The smallest absolute Gasteiger partial charge is 0.509 e. The van der Waals surface area contributed by atoms with Crippen LogP contribution in [0.4, 0.5) is 0 Å². The third-order valence-electron chi connectivity index (χ3n) is 8.77. The van der Waals surface area contributed by atoms with Gasteiger partial charge in [-0.25, -0.2) is 4.98 Å². The Bertz CT molecular complexity index is 2220. The molecular formula is C41H38N4OPt. The molecule has 5 nitrogen and oxygen atoms in total. The molecule has 0 saturated heterocycles. The van der Waals surface area contributed by atoms with Crippen LogP contribution in [-0.4, -0.2) is 19.3 Å². The predicted octanol–water partition coefficient (Wildman–Crippen LogP) is 10.6. The minimum atomic E-state index is 0. The minimum Gasteiger partial charge on any atom is -0.509 e. The van der Waals surface area contributed by atoms with Crippen LogP contribution in [0.3, 0.4) is 0 Å². The molecule has 0 spiro atoms. The van der Waals surface area contributed by atoms with Gasteiger partial charge < -0.3 is 9.30 Å².